The average Bonchev–Trinajstić information content (AvgIpc) is 2.64. The number of nitrogens with zero attached hydrogens (tertiary/aromatic N) is 1. The second-order valence-corrected chi connectivity index (χ2v) is 3.84. The highest BCUT2D eigenvalue weighted by molar-refractivity contribution is 7.08. The number of nitrogens with one attached hydrogen (secondary N) is 1. The Morgan fingerprint density at radius 2 is 2.36 bits per heavy atom. The summed E-state index contributed by atoms with van der Waals surface area (Å²) in [6, 6.07) is 3.84. The summed E-state index contributed by atoms with van der Waals surface area (Å²) in [4.78, 5) is 4.23. The number of anilines is 3. The first-order valence-corrected chi connectivity index (χ1v) is 5.21. The van der Waals surface area contributed by atoms with Gasteiger partial charge in [0.1, 0.15) is 5.82 Å². The fourth-order valence-electron chi connectivity index (χ4n) is 1.09. The van der Waals surface area contributed by atoms with Crippen LogP contribution in [0.15, 0.2) is 29.1 Å². The van der Waals surface area contributed by atoms with E-state index in [1.54, 1.807) is 17.5 Å². The second kappa shape index (κ2) is 3.67. The van der Waals surface area contributed by atoms with Crippen molar-refractivity contribution in [2.24, 2.45) is 0 Å². The molecule has 0 saturated heterocycles. The van der Waals surface area contributed by atoms with Gasteiger partial charge in [0, 0.05) is 23.3 Å². The molecule has 3 nitrogen and oxygen atoms in total. The van der Waals surface area contributed by atoms with Gasteiger partial charge in [-0.1, -0.05) is 0 Å². The van der Waals surface area contributed by atoms with E-state index in [9.17, 15) is 0 Å². The Labute approximate surface area is 86.6 Å². The van der Waals surface area contributed by atoms with Gasteiger partial charge in [0.2, 0.25) is 0 Å². The van der Waals surface area contributed by atoms with Crippen molar-refractivity contribution in [1.29, 1.82) is 0 Å². The van der Waals surface area contributed by atoms with E-state index >= 15 is 0 Å². The van der Waals surface area contributed by atoms with E-state index in [4.69, 9.17) is 5.73 Å². The van der Waals surface area contributed by atoms with Gasteiger partial charge in [0.05, 0.1) is 5.69 Å². The molecule has 72 valence electrons. The normalized spacial score (nSPS) is 10.1. The van der Waals surface area contributed by atoms with Crippen molar-refractivity contribution in [3.8, 4) is 0 Å². The van der Waals surface area contributed by atoms with E-state index in [2.05, 4.69) is 10.3 Å². The monoisotopic (exact) mass is 205 g/mol. The molecule has 0 atom stereocenters. The Kier molecular flexibility index (Phi) is 2.37. The molecule has 0 aromatic carbocycles. The number of aromatic nitrogens is 1. The first kappa shape index (κ1) is 9.02. The molecule has 14 heavy (non-hydrogen) atoms. The fourth-order valence-corrected chi connectivity index (χ4v) is 1.68. The maximum absolute atomic E-state index is 5.77. The van der Waals surface area contributed by atoms with Gasteiger partial charge in [0.15, 0.2) is 0 Å². The van der Waals surface area contributed by atoms with Crippen LogP contribution in [0.25, 0.3) is 0 Å². The summed E-state index contributed by atoms with van der Waals surface area (Å²) in [5.41, 5.74) is 8.58. The molecule has 0 aliphatic carbocycles. The summed E-state index contributed by atoms with van der Waals surface area (Å²) >= 11 is 1.64. The van der Waals surface area contributed by atoms with Crippen molar-refractivity contribution in [3.05, 3.63) is 34.7 Å². The highest BCUT2D eigenvalue weighted by Crippen LogP contribution is 2.20. The Hall–Kier alpha value is -1.55. The van der Waals surface area contributed by atoms with E-state index in [0.29, 0.717) is 0 Å². The molecule has 4 heteroatoms. The van der Waals surface area contributed by atoms with Crippen LogP contribution in [0.3, 0.4) is 0 Å². The molecule has 0 radical (unpaired) electrons. The summed E-state index contributed by atoms with van der Waals surface area (Å²) < 4.78 is 0. The second-order valence-electron chi connectivity index (χ2n) is 3.06. The number of nitrogen functional groups attached to an aromatic ring is 1. The lowest BCUT2D eigenvalue weighted by molar-refractivity contribution is 1.26. The lowest BCUT2D eigenvalue weighted by Crippen LogP contribution is -1.96. The molecule has 2 aromatic rings. The van der Waals surface area contributed by atoms with Gasteiger partial charge in [-0.2, -0.15) is 11.3 Å². The van der Waals surface area contributed by atoms with Crippen LogP contribution in [0.4, 0.5) is 17.2 Å². The molecule has 0 fully saturated rings. The van der Waals surface area contributed by atoms with E-state index in [1.807, 2.05) is 29.8 Å². The largest absolute Gasteiger partial charge is 0.398 e. The van der Waals surface area contributed by atoms with Crippen molar-refractivity contribution >= 4 is 28.5 Å². The summed E-state index contributed by atoms with van der Waals surface area (Å²) in [6.07, 6.45) is 1.77. The zero-order valence-corrected chi connectivity index (χ0v) is 8.64. The molecule has 3 N–H and O–H groups in total. The van der Waals surface area contributed by atoms with Gasteiger partial charge in [-0.05, 0) is 23.9 Å². The number of aryl methyl sites for hydroxylation is 1. The number of nitrogens with two attached hydrogens (primary N) is 1. The van der Waals surface area contributed by atoms with E-state index in [1.165, 1.54) is 0 Å². The summed E-state index contributed by atoms with van der Waals surface area (Å²) in [5, 5.41) is 7.21. The van der Waals surface area contributed by atoms with Crippen LogP contribution in [0.5, 0.6) is 0 Å². The highest BCUT2D eigenvalue weighted by Gasteiger charge is 1.98. The third-order valence-electron chi connectivity index (χ3n) is 1.94. The van der Waals surface area contributed by atoms with Crippen LogP contribution >= 0.6 is 11.3 Å². The minimum atomic E-state index is 0.762. The SMILES string of the molecule is Cc1cnc(Nc2ccsc2)cc1N. The molecule has 0 bridgehead atoms. The molecule has 2 rings (SSSR count). The smallest absolute Gasteiger partial charge is 0.132 e. The Balaban J connectivity index is 2.22. The van der Waals surface area contributed by atoms with E-state index < -0.39 is 0 Å². The first-order chi connectivity index (χ1) is 6.75. The van der Waals surface area contributed by atoms with Crippen molar-refractivity contribution < 1.29 is 0 Å². The Bertz CT molecular complexity index is 423. The molecule has 2 heterocycles. The fraction of sp³-hybridized carbons (Fsp3) is 0.100. The molecule has 0 unspecified atom stereocenters. The number of hydrogen-bond donors (Lipinski definition) is 2. The molecule has 0 aliphatic rings. The van der Waals surface area contributed by atoms with E-state index in [0.717, 1.165) is 22.8 Å². The predicted molar refractivity (Wildman–Crippen MR) is 61.0 cm³/mol. The van der Waals surface area contributed by atoms with Gasteiger partial charge >= 0.3 is 0 Å². The highest BCUT2D eigenvalue weighted by atomic mass is 32.1. The Morgan fingerprint density at radius 3 is 3.00 bits per heavy atom. The van der Waals surface area contributed by atoms with Crippen LogP contribution in [0, 0.1) is 6.92 Å². The van der Waals surface area contributed by atoms with Crippen molar-refractivity contribution in [2.45, 2.75) is 6.92 Å². The molecule has 2 aromatic heterocycles. The zero-order valence-electron chi connectivity index (χ0n) is 7.82. The topological polar surface area (TPSA) is 50.9 Å². The third kappa shape index (κ3) is 1.85. The van der Waals surface area contributed by atoms with Gasteiger partial charge in [-0.25, -0.2) is 4.98 Å². The quantitative estimate of drug-likeness (QED) is 0.792. The number of thiophene rings is 1. The molecule has 0 spiro atoms. The van der Waals surface area contributed by atoms with Gasteiger partial charge < -0.3 is 11.1 Å². The summed E-state index contributed by atoms with van der Waals surface area (Å²) in [7, 11) is 0. The minimum absolute atomic E-state index is 0.762. The van der Waals surface area contributed by atoms with Crippen LogP contribution in [-0.4, -0.2) is 4.98 Å². The zero-order chi connectivity index (χ0) is 9.97. The van der Waals surface area contributed by atoms with Crippen LogP contribution in [0.1, 0.15) is 5.56 Å². The molecular weight excluding hydrogens is 194 g/mol. The number of pyridine rings is 1. The maximum Gasteiger partial charge on any atom is 0.132 e. The molecule has 0 aliphatic heterocycles. The van der Waals surface area contributed by atoms with Crippen molar-refractivity contribution in [3.63, 3.8) is 0 Å². The number of rotatable bonds is 2. The summed E-state index contributed by atoms with van der Waals surface area (Å²) in [5.74, 6) is 0.784. The molecule has 0 amide bonds. The predicted octanol–water partition coefficient (Wildman–Crippen LogP) is 2.78. The molecule has 0 saturated carbocycles. The van der Waals surface area contributed by atoms with Gasteiger partial charge in [-0.15, -0.1) is 0 Å². The number of hydrogen-bond acceptors (Lipinski definition) is 4. The minimum Gasteiger partial charge on any atom is -0.398 e. The van der Waals surface area contributed by atoms with Crippen LogP contribution in [0.2, 0.25) is 0 Å². The maximum atomic E-state index is 5.77. The van der Waals surface area contributed by atoms with Gasteiger partial charge in [0.25, 0.3) is 0 Å². The third-order valence-corrected chi connectivity index (χ3v) is 2.62. The van der Waals surface area contributed by atoms with Crippen molar-refractivity contribution in [2.75, 3.05) is 11.1 Å². The molecular formula is C10H11N3S. The lowest BCUT2D eigenvalue weighted by atomic mass is 10.2. The summed E-state index contributed by atoms with van der Waals surface area (Å²) in [6.45, 7) is 1.94. The van der Waals surface area contributed by atoms with Gasteiger partial charge in [-0.3, -0.25) is 0 Å². The average molecular weight is 205 g/mol. The van der Waals surface area contributed by atoms with Crippen LogP contribution in [-0.2, 0) is 0 Å². The Morgan fingerprint density at radius 1 is 1.50 bits per heavy atom. The van der Waals surface area contributed by atoms with E-state index in [-0.39, 0.29) is 0 Å². The van der Waals surface area contributed by atoms with Crippen LogP contribution < -0.4 is 11.1 Å². The first-order valence-electron chi connectivity index (χ1n) is 4.27. The standard InChI is InChI=1S/C10H11N3S/c1-7-5-12-10(4-9(7)11)13-8-2-3-14-6-8/h2-6H,1H3,(H3,11,12,13). The van der Waals surface area contributed by atoms with Crippen molar-refractivity contribution in [1.82, 2.24) is 4.98 Å². The lowest BCUT2D eigenvalue weighted by Gasteiger charge is -2.05.